The Morgan fingerprint density at radius 1 is 1.21 bits per heavy atom. The smallest absolute Gasteiger partial charge is 0.337 e. The van der Waals surface area contributed by atoms with Crippen LogP contribution in [0.15, 0.2) is 41.8 Å². The number of amides is 2. The Bertz CT molecular complexity index is 728. The van der Waals surface area contributed by atoms with Crippen LogP contribution in [-0.2, 0) is 9.53 Å². The maximum Gasteiger partial charge on any atom is 0.337 e. The number of nitrogens with one attached hydrogen (secondary N) is 1. The number of anilines is 1. The lowest BCUT2D eigenvalue weighted by Crippen LogP contribution is -2.37. The van der Waals surface area contributed by atoms with Crippen molar-refractivity contribution in [2.75, 3.05) is 25.1 Å². The molecule has 24 heavy (non-hydrogen) atoms. The fraction of sp³-hybridized carbons (Fsp3) is 0.235. The second-order valence-corrected chi connectivity index (χ2v) is 5.89. The van der Waals surface area contributed by atoms with E-state index in [-0.39, 0.29) is 11.8 Å². The first-order valence-electron chi connectivity index (χ1n) is 7.31. The number of hydrogen-bond donors (Lipinski definition) is 1. The predicted molar refractivity (Wildman–Crippen MR) is 92.5 cm³/mol. The summed E-state index contributed by atoms with van der Waals surface area (Å²) in [4.78, 5) is 37.5. The van der Waals surface area contributed by atoms with Gasteiger partial charge in [-0.15, -0.1) is 11.3 Å². The van der Waals surface area contributed by atoms with E-state index in [4.69, 9.17) is 0 Å². The zero-order chi connectivity index (χ0) is 17.5. The molecule has 0 spiro atoms. The lowest BCUT2D eigenvalue weighted by molar-refractivity contribution is -0.116. The molecule has 7 heteroatoms. The molecule has 0 aliphatic heterocycles. The molecule has 0 atom stereocenters. The molecule has 2 amide bonds. The van der Waals surface area contributed by atoms with Crippen molar-refractivity contribution in [3.63, 3.8) is 0 Å². The summed E-state index contributed by atoms with van der Waals surface area (Å²) in [6.07, 6.45) is 0. The van der Waals surface area contributed by atoms with E-state index < -0.39 is 5.97 Å². The van der Waals surface area contributed by atoms with Gasteiger partial charge < -0.3 is 15.0 Å². The summed E-state index contributed by atoms with van der Waals surface area (Å²) in [7, 11) is 1.30. The standard InChI is InChI=1S/C17H18N2O4S/c1-12(20)19(9-8-18-16(21)15-7-4-10-24-15)14-6-3-5-13(11-14)17(22)23-2/h3-7,10-11H,8-9H2,1-2H3,(H,18,21). The fourth-order valence-electron chi connectivity index (χ4n) is 2.16. The van der Waals surface area contributed by atoms with Crippen molar-refractivity contribution < 1.29 is 19.1 Å². The summed E-state index contributed by atoms with van der Waals surface area (Å²) >= 11 is 1.36. The van der Waals surface area contributed by atoms with Crippen LogP contribution < -0.4 is 10.2 Å². The number of nitrogens with zero attached hydrogens (tertiary/aromatic N) is 1. The lowest BCUT2D eigenvalue weighted by atomic mass is 10.2. The first kappa shape index (κ1) is 17.7. The molecule has 1 heterocycles. The van der Waals surface area contributed by atoms with Gasteiger partial charge in [-0.1, -0.05) is 12.1 Å². The Kier molecular flexibility index (Phi) is 6.08. The lowest BCUT2D eigenvalue weighted by Gasteiger charge is -2.21. The molecule has 1 aromatic carbocycles. The number of carbonyl (C=O) groups is 3. The normalized spacial score (nSPS) is 10.1. The van der Waals surface area contributed by atoms with E-state index in [0.717, 1.165) is 0 Å². The number of thiophene rings is 1. The highest BCUT2D eigenvalue weighted by atomic mass is 32.1. The SMILES string of the molecule is COC(=O)c1cccc(N(CCNC(=O)c2cccs2)C(C)=O)c1. The second kappa shape index (κ2) is 8.26. The van der Waals surface area contributed by atoms with Gasteiger partial charge in [0.15, 0.2) is 0 Å². The zero-order valence-corrected chi connectivity index (χ0v) is 14.3. The molecule has 0 fully saturated rings. The summed E-state index contributed by atoms with van der Waals surface area (Å²) in [5, 5.41) is 4.60. The van der Waals surface area contributed by atoms with Crippen LogP contribution in [0.4, 0.5) is 5.69 Å². The monoisotopic (exact) mass is 346 g/mol. The molecule has 1 aromatic heterocycles. The number of carbonyl (C=O) groups excluding carboxylic acids is 3. The van der Waals surface area contributed by atoms with Gasteiger partial charge in [0.25, 0.3) is 5.91 Å². The first-order chi connectivity index (χ1) is 11.5. The van der Waals surface area contributed by atoms with Gasteiger partial charge >= 0.3 is 5.97 Å². The Labute approximate surface area is 144 Å². The number of esters is 1. The van der Waals surface area contributed by atoms with Crippen LogP contribution >= 0.6 is 11.3 Å². The molecule has 126 valence electrons. The molecule has 1 N–H and O–H groups in total. The molecule has 6 nitrogen and oxygen atoms in total. The minimum atomic E-state index is -0.466. The van der Waals surface area contributed by atoms with Crippen LogP contribution in [0.1, 0.15) is 27.0 Å². The van der Waals surface area contributed by atoms with E-state index in [1.165, 1.54) is 30.3 Å². The zero-order valence-electron chi connectivity index (χ0n) is 13.4. The number of ether oxygens (including phenoxy) is 1. The molecule has 0 unspecified atom stereocenters. The molecule has 2 rings (SSSR count). The van der Waals surface area contributed by atoms with Crippen molar-refractivity contribution in [3.8, 4) is 0 Å². The molecule has 0 saturated heterocycles. The third kappa shape index (κ3) is 4.42. The minimum absolute atomic E-state index is 0.170. The average Bonchev–Trinajstić information content (AvgIpc) is 3.12. The van der Waals surface area contributed by atoms with Gasteiger partial charge in [0.1, 0.15) is 0 Å². The van der Waals surface area contributed by atoms with Crippen molar-refractivity contribution in [2.24, 2.45) is 0 Å². The summed E-state index contributed by atoms with van der Waals surface area (Å²) in [5.74, 6) is -0.814. The molecule has 0 aliphatic rings. The fourth-order valence-corrected chi connectivity index (χ4v) is 2.80. The maximum absolute atomic E-state index is 11.9. The van der Waals surface area contributed by atoms with Gasteiger partial charge in [0.05, 0.1) is 17.6 Å². The van der Waals surface area contributed by atoms with Gasteiger partial charge in [-0.25, -0.2) is 4.79 Å². The van der Waals surface area contributed by atoms with Crippen molar-refractivity contribution in [3.05, 3.63) is 52.2 Å². The average molecular weight is 346 g/mol. The molecular weight excluding hydrogens is 328 g/mol. The van der Waals surface area contributed by atoms with Crippen molar-refractivity contribution in [2.45, 2.75) is 6.92 Å². The van der Waals surface area contributed by atoms with E-state index in [0.29, 0.717) is 29.2 Å². The molecule has 0 bridgehead atoms. The van der Waals surface area contributed by atoms with E-state index in [1.54, 1.807) is 36.4 Å². The van der Waals surface area contributed by atoms with E-state index in [1.807, 2.05) is 5.38 Å². The summed E-state index contributed by atoms with van der Waals surface area (Å²) in [6, 6.07) is 10.2. The van der Waals surface area contributed by atoms with Gasteiger partial charge in [-0.3, -0.25) is 9.59 Å². The highest BCUT2D eigenvalue weighted by molar-refractivity contribution is 7.12. The number of rotatable bonds is 6. The van der Waals surface area contributed by atoms with E-state index >= 15 is 0 Å². The quantitative estimate of drug-likeness (QED) is 0.815. The van der Waals surface area contributed by atoms with Crippen LogP contribution in [0.5, 0.6) is 0 Å². The highest BCUT2D eigenvalue weighted by Gasteiger charge is 2.15. The van der Waals surface area contributed by atoms with Gasteiger partial charge in [-0.05, 0) is 29.6 Å². The van der Waals surface area contributed by atoms with Crippen LogP contribution in [0.2, 0.25) is 0 Å². The van der Waals surface area contributed by atoms with Crippen molar-refractivity contribution in [1.29, 1.82) is 0 Å². The maximum atomic E-state index is 11.9. The summed E-state index contributed by atoms with van der Waals surface area (Å²) < 4.78 is 4.69. The van der Waals surface area contributed by atoms with Gasteiger partial charge in [0, 0.05) is 25.7 Å². The van der Waals surface area contributed by atoms with Crippen LogP contribution in [0, 0.1) is 0 Å². The Morgan fingerprint density at radius 3 is 2.62 bits per heavy atom. The summed E-state index contributed by atoms with van der Waals surface area (Å²) in [6.45, 7) is 2.04. The number of benzene rings is 1. The third-order valence-electron chi connectivity index (χ3n) is 3.32. The number of methoxy groups -OCH3 is 1. The van der Waals surface area contributed by atoms with Crippen LogP contribution in [-0.4, -0.2) is 38.0 Å². The largest absolute Gasteiger partial charge is 0.465 e. The van der Waals surface area contributed by atoms with Gasteiger partial charge in [-0.2, -0.15) is 0 Å². The third-order valence-corrected chi connectivity index (χ3v) is 4.19. The predicted octanol–water partition coefficient (Wildman–Crippen LogP) is 2.32. The topological polar surface area (TPSA) is 75.7 Å². The Balaban J connectivity index is 2.03. The van der Waals surface area contributed by atoms with Crippen molar-refractivity contribution >= 4 is 34.8 Å². The summed E-state index contributed by atoms with van der Waals surface area (Å²) in [5.41, 5.74) is 0.944. The Hall–Kier alpha value is -2.67. The highest BCUT2D eigenvalue weighted by Crippen LogP contribution is 2.17. The van der Waals surface area contributed by atoms with Crippen molar-refractivity contribution in [1.82, 2.24) is 5.32 Å². The first-order valence-corrected chi connectivity index (χ1v) is 8.19. The molecule has 0 saturated carbocycles. The molecule has 2 aromatic rings. The second-order valence-electron chi connectivity index (χ2n) is 4.95. The van der Waals surface area contributed by atoms with Crippen LogP contribution in [0.3, 0.4) is 0 Å². The minimum Gasteiger partial charge on any atom is -0.465 e. The Morgan fingerprint density at radius 2 is 2.00 bits per heavy atom. The molecule has 0 aliphatic carbocycles. The van der Waals surface area contributed by atoms with Gasteiger partial charge in [0.2, 0.25) is 5.91 Å². The van der Waals surface area contributed by atoms with E-state index in [9.17, 15) is 14.4 Å². The van der Waals surface area contributed by atoms with Crippen LogP contribution in [0.25, 0.3) is 0 Å². The molecule has 0 radical (unpaired) electrons. The molecular formula is C17H18N2O4S. The number of hydrogen-bond acceptors (Lipinski definition) is 5. The van der Waals surface area contributed by atoms with E-state index in [2.05, 4.69) is 10.1 Å².